The average Bonchev–Trinajstić information content (AvgIpc) is 3.41. The van der Waals surface area contributed by atoms with E-state index >= 15 is 0 Å². The number of aliphatic carboxylic acids is 1. The molecule has 0 aromatic rings. The van der Waals surface area contributed by atoms with Crippen molar-refractivity contribution in [3.05, 3.63) is 24.3 Å². The van der Waals surface area contributed by atoms with E-state index in [2.05, 4.69) is 36.6 Å². The fourth-order valence-corrected chi connectivity index (χ4v) is 6.67. The fourth-order valence-electron chi connectivity index (χ4n) is 6.67. The van der Waals surface area contributed by atoms with Crippen molar-refractivity contribution in [1.82, 2.24) is 10.6 Å². The molecular formula is C56H101F3N2O17. The Labute approximate surface area is 464 Å². The molecule has 0 fully saturated rings. The molecule has 0 saturated heterocycles. The molecule has 0 aliphatic heterocycles. The van der Waals surface area contributed by atoms with Crippen LogP contribution in [0.5, 0.6) is 0 Å². The van der Waals surface area contributed by atoms with Crippen molar-refractivity contribution < 1.29 is 94.4 Å². The molecule has 1 unspecified atom stereocenters. The molecule has 0 rings (SSSR count). The van der Waals surface area contributed by atoms with Crippen LogP contribution in [0.1, 0.15) is 155 Å². The van der Waals surface area contributed by atoms with Crippen LogP contribution in [-0.4, -0.2) is 186 Å². The lowest BCUT2D eigenvalue weighted by Gasteiger charge is -2.18. The van der Waals surface area contributed by atoms with Gasteiger partial charge in [-0.15, -0.1) is 0 Å². The molecule has 0 bridgehead atoms. The molecule has 0 saturated carbocycles. The number of hydrogen-bond donors (Lipinski definition) is 3. The number of hydrogen-bond acceptors (Lipinski definition) is 18. The molecule has 0 aromatic heterocycles. The third-order valence-corrected chi connectivity index (χ3v) is 11.0. The number of unbranched alkanes of at least 4 members (excludes halogenated alkanes) is 16. The number of carbonyl (C=O) groups excluding carboxylic acids is 4. The van der Waals surface area contributed by atoms with Gasteiger partial charge in [-0.2, -0.15) is 13.2 Å². The average molecular weight is 1130 g/mol. The first-order chi connectivity index (χ1) is 37.9. The zero-order chi connectivity index (χ0) is 57.7. The number of ether oxygens (including phenoxy) is 11. The van der Waals surface area contributed by atoms with Crippen molar-refractivity contribution in [3.8, 4) is 0 Å². The molecule has 0 aromatic carbocycles. The molecule has 0 aliphatic rings. The highest BCUT2D eigenvalue weighted by atomic mass is 19.4. The van der Waals surface area contributed by atoms with Crippen LogP contribution in [0.4, 0.5) is 13.2 Å². The van der Waals surface area contributed by atoms with E-state index in [9.17, 15) is 32.3 Å². The number of carboxylic acids is 1. The van der Waals surface area contributed by atoms with Gasteiger partial charge in [-0.1, -0.05) is 115 Å². The van der Waals surface area contributed by atoms with E-state index in [0.29, 0.717) is 112 Å². The quantitative estimate of drug-likeness (QED) is 0.0223. The van der Waals surface area contributed by atoms with Gasteiger partial charge in [0, 0.05) is 46.3 Å². The number of carbonyl (C=O) groups is 5. The minimum atomic E-state index is -5.08. The van der Waals surface area contributed by atoms with Crippen LogP contribution in [0.3, 0.4) is 0 Å². The van der Waals surface area contributed by atoms with E-state index < -0.39 is 18.1 Å². The van der Waals surface area contributed by atoms with Crippen LogP contribution in [0.2, 0.25) is 0 Å². The lowest BCUT2D eigenvalue weighted by Crippen LogP contribution is -2.31. The summed E-state index contributed by atoms with van der Waals surface area (Å²) in [5, 5.41) is 12.9. The SMILES string of the molecule is CCCCCC/C=C\COC(=O)CCCCCCCOCC(COCCOCCOCCOCCOC(=O)CNCCOC(=O)CNCCOC)OCCCCCCCC(=O)OC/C=C\CCCCCC.O=C(O)C(F)(F)F. The van der Waals surface area contributed by atoms with Crippen LogP contribution in [0.25, 0.3) is 0 Å². The monoisotopic (exact) mass is 1130 g/mol. The summed E-state index contributed by atoms with van der Waals surface area (Å²) in [6.45, 7) is 11.7. The molecule has 0 aliphatic carbocycles. The Morgan fingerprint density at radius 3 is 1.32 bits per heavy atom. The summed E-state index contributed by atoms with van der Waals surface area (Å²) in [5.74, 6) is -3.80. The highest BCUT2D eigenvalue weighted by Gasteiger charge is 2.38. The smallest absolute Gasteiger partial charge is 0.475 e. The van der Waals surface area contributed by atoms with Crippen LogP contribution in [0, 0.1) is 0 Å². The summed E-state index contributed by atoms with van der Waals surface area (Å²) in [4.78, 5) is 56.4. The minimum Gasteiger partial charge on any atom is -0.475 e. The highest BCUT2D eigenvalue weighted by Crippen LogP contribution is 2.13. The normalized spacial score (nSPS) is 11.9. The lowest BCUT2D eigenvalue weighted by molar-refractivity contribution is -0.192. The summed E-state index contributed by atoms with van der Waals surface area (Å²) < 4.78 is 92.2. The number of alkyl halides is 3. The van der Waals surface area contributed by atoms with Crippen LogP contribution in [0.15, 0.2) is 24.3 Å². The number of carboxylic acid groups (broad SMARTS) is 1. The Bertz CT molecular complexity index is 1440. The number of methoxy groups -OCH3 is 1. The molecule has 0 radical (unpaired) electrons. The number of esters is 4. The van der Waals surface area contributed by atoms with Gasteiger partial charge in [-0.05, 0) is 51.4 Å². The standard InChI is InChI=1S/C54H100N2O15.C2HF3O2/c1-4-6-8-10-12-19-26-34-68-51(57)28-22-16-14-18-24-32-65-48-50(67-33-25-21-15-17-23-29-52(58)69-35-27-20-13-11-9-7-5-2)49-66-43-42-63-39-38-62-40-41-64-44-45-71-54(60)47-56-31-37-70-53(59)46-55-30-36-61-3;3-2(4,5)1(6)7/h19-20,26-27,50,55-56H,4-18,21-25,28-49H2,1-3H3;(H,6,7)/b26-19-,27-20-;. The van der Waals surface area contributed by atoms with Crippen molar-refractivity contribution in [2.24, 2.45) is 0 Å². The first-order valence-electron chi connectivity index (χ1n) is 28.5. The maximum atomic E-state index is 12.1. The van der Waals surface area contributed by atoms with Gasteiger partial charge in [0.1, 0.15) is 32.5 Å². The fraction of sp³-hybridized carbons (Fsp3) is 0.839. The zero-order valence-corrected chi connectivity index (χ0v) is 47.7. The van der Waals surface area contributed by atoms with Gasteiger partial charge in [0.25, 0.3) is 0 Å². The topological polar surface area (TPSA) is 231 Å². The van der Waals surface area contributed by atoms with Crippen LogP contribution < -0.4 is 10.6 Å². The van der Waals surface area contributed by atoms with E-state index in [-0.39, 0.29) is 56.9 Å². The van der Waals surface area contributed by atoms with E-state index in [1.54, 1.807) is 7.11 Å². The molecule has 0 amide bonds. The van der Waals surface area contributed by atoms with Crippen molar-refractivity contribution in [1.29, 1.82) is 0 Å². The Morgan fingerprint density at radius 1 is 0.449 bits per heavy atom. The largest absolute Gasteiger partial charge is 0.490 e. The summed E-state index contributed by atoms with van der Waals surface area (Å²) in [6.07, 6.45) is 25.4. The number of allylic oxidation sites excluding steroid dienone is 2. The van der Waals surface area contributed by atoms with Crippen molar-refractivity contribution in [3.63, 3.8) is 0 Å². The molecule has 0 spiro atoms. The first kappa shape index (κ1) is 76.3. The van der Waals surface area contributed by atoms with Gasteiger partial charge in [0.15, 0.2) is 0 Å². The Kier molecular flexibility index (Phi) is 59.6. The van der Waals surface area contributed by atoms with Gasteiger partial charge in [-0.25, -0.2) is 4.79 Å². The summed E-state index contributed by atoms with van der Waals surface area (Å²) >= 11 is 0. The van der Waals surface area contributed by atoms with Crippen LogP contribution in [-0.2, 0) is 76.1 Å². The molecule has 19 nitrogen and oxygen atoms in total. The third-order valence-electron chi connectivity index (χ3n) is 11.0. The highest BCUT2D eigenvalue weighted by molar-refractivity contribution is 5.73. The van der Waals surface area contributed by atoms with Gasteiger partial charge >= 0.3 is 36.0 Å². The van der Waals surface area contributed by atoms with Crippen molar-refractivity contribution in [2.75, 3.05) is 139 Å². The number of rotatable bonds is 57. The number of halogens is 3. The molecular weight excluding hydrogens is 1030 g/mol. The molecule has 22 heteroatoms. The molecule has 1 atom stereocenters. The maximum Gasteiger partial charge on any atom is 0.490 e. The maximum absolute atomic E-state index is 12.1. The van der Waals surface area contributed by atoms with E-state index in [4.69, 9.17) is 62.0 Å². The zero-order valence-electron chi connectivity index (χ0n) is 47.7. The second-order valence-corrected chi connectivity index (χ2v) is 18.1. The summed E-state index contributed by atoms with van der Waals surface area (Å²) in [5.41, 5.74) is 0. The Balaban J connectivity index is 0. The van der Waals surface area contributed by atoms with Gasteiger partial charge in [-0.3, -0.25) is 19.2 Å². The number of nitrogens with one attached hydrogen (secondary N) is 2. The van der Waals surface area contributed by atoms with E-state index in [1.165, 1.54) is 51.4 Å². The van der Waals surface area contributed by atoms with Crippen molar-refractivity contribution >= 4 is 29.8 Å². The second-order valence-electron chi connectivity index (χ2n) is 18.1. The van der Waals surface area contributed by atoms with Gasteiger partial charge < -0.3 is 67.8 Å². The Morgan fingerprint density at radius 2 is 0.846 bits per heavy atom. The molecule has 3 N–H and O–H groups in total. The first-order valence-corrected chi connectivity index (χ1v) is 28.5. The molecule has 458 valence electrons. The minimum absolute atomic E-state index is 0.00503. The van der Waals surface area contributed by atoms with E-state index in [1.807, 2.05) is 12.2 Å². The molecule has 78 heavy (non-hydrogen) atoms. The van der Waals surface area contributed by atoms with Crippen molar-refractivity contribution in [2.45, 2.75) is 167 Å². The van der Waals surface area contributed by atoms with E-state index in [0.717, 1.165) is 77.0 Å². The van der Waals surface area contributed by atoms with Gasteiger partial charge in [0.2, 0.25) is 0 Å². The van der Waals surface area contributed by atoms with Crippen LogP contribution >= 0.6 is 0 Å². The Hall–Kier alpha value is -3.74. The van der Waals surface area contributed by atoms with Gasteiger partial charge in [0.05, 0.1) is 79.2 Å². The lowest BCUT2D eigenvalue weighted by atomic mass is 10.1. The predicted octanol–water partition coefficient (Wildman–Crippen LogP) is 8.82. The third kappa shape index (κ3) is 63.1. The molecule has 0 heterocycles. The summed E-state index contributed by atoms with van der Waals surface area (Å²) in [6, 6.07) is 0. The predicted molar refractivity (Wildman–Crippen MR) is 290 cm³/mol. The summed E-state index contributed by atoms with van der Waals surface area (Å²) in [7, 11) is 1.59. The second kappa shape index (κ2) is 60.9.